The van der Waals surface area contributed by atoms with Gasteiger partial charge in [0.2, 0.25) is 0 Å². The van der Waals surface area contributed by atoms with Gasteiger partial charge in [0.1, 0.15) is 13.2 Å². The molecule has 0 aromatic carbocycles. The summed E-state index contributed by atoms with van der Waals surface area (Å²) in [4.78, 5) is 37.8. The van der Waals surface area contributed by atoms with Gasteiger partial charge in [-0.15, -0.1) is 0 Å². The van der Waals surface area contributed by atoms with Crippen molar-refractivity contribution in [3.63, 3.8) is 0 Å². The second-order valence-electron chi connectivity index (χ2n) is 16.3. The van der Waals surface area contributed by atoms with E-state index in [1.807, 2.05) is 12.2 Å². The normalized spacial score (nSPS) is 13.2. The SMILES string of the molecule is CC/C=C\C/C=C\C/C=C\C/C=C\C/C=C\C/C=C\C/C=C\CCCCCC(=O)OCC(COC(=O)CCCCCCCCCCC)OC(=O)CC/C=C\C/C=C\C/C=C\C/C=C\CC. The van der Waals surface area contributed by atoms with Crippen LogP contribution in [0.15, 0.2) is 134 Å². The van der Waals surface area contributed by atoms with Crippen LogP contribution >= 0.6 is 0 Å². The van der Waals surface area contributed by atoms with Crippen LogP contribution in [-0.4, -0.2) is 37.2 Å². The zero-order valence-electron chi connectivity index (χ0n) is 41.4. The number of hydrogen-bond acceptors (Lipinski definition) is 6. The second-order valence-corrected chi connectivity index (χ2v) is 16.3. The fourth-order valence-corrected chi connectivity index (χ4v) is 6.37. The lowest BCUT2D eigenvalue weighted by atomic mass is 10.1. The van der Waals surface area contributed by atoms with Gasteiger partial charge < -0.3 is 14.2 Å². The molecule has 0 aliphatic rings. The van der Waals surface area contributed by atoms with Gasteiger partial charge in [-0.1, -0.05) is 212 Å². The average Bonchev–Trinajstić information content (AvgIpc) is 3.30. The Kier molecular flexibility index (Phi) is 48.6. The lowest BCUT2D eigenvalue weighted by Crippen LogP contribution is -2.30. The topological polar surface area (TPSA) is 78.9 Å². The monoisotopic (exact) mass is 897 g/mol. The summed E-state index contributed by atoms with van der Waals surface area (Å²) >= 11 is 0. The lowest BCUT2D eigenvalue weighted by Gasteiger charge is -2.18. The van der Waals surface area contributed by atoms with E-state index in [0.29, 0.717) is 19.3 Å². The number of hydrogen-bond donors (Lipinski definition) is 0. The van der Waals surface area contributed by atoms with Gasteiger partial charge >= 0.3 is 17.9 Å². The van der Waals surface area contributed by atoms with Gasteiger partial charge in [0.15, 0.2) is 6.10 Å². The molecule has 364 valence electrons. The minimum Gasteiger partial charge on any atom is -0.462 e. The summed E-state index contributed by atoms with van der Waals surface area (Å²) in [5.74, 6) is -1.05. The van der Waals surface area contributed by atoms with Crippen LogP contribution in [0.5, 0.6) is 0 Å². The number of unbranched alkanes of at least 4 members (excludes halogenated alkanes) is 11. The maximum absolute atomic E-state index is 12.7. The molecule has 0 rings (SSSR count). The van der Waals surface area contributed by atoms with Crippen molar-refractivity contribution in [3.05, 3.63) is 134 Å². The molecule has 0 fully saturated rings. The first-order valence-corrected chi connectivity index (χ1v) is 25.7. The van der Waals surface area contributed by atoms with Gasteiger partial charge in [-0.25, -0.2) is 0 Å². The largest absolute Gasteiger partial charge is 0.462 e. The number of carbonyl (C=O) groups excluding carboxylic acids is 3. The molecule has 0 amide bonds. The molecular weight excluding hydrogens is 805 g/mol. The smallest absolute Gasteiger partial charge is 0.306 e. The molecule has 6 heteroatoms. The van der Waals surface area contributed by atoms with Crippen LogP contribution in [0.2, 0.25) is 0 Å². The van der Waals surface area contributed by atoms with Crippen molar-refractivity contribution in [3.8, 4) is 0 Å². The number of esters is 3. The van der Waals surface area contributed by atoms with Crippen molar-refractivity contribution in [2.24, 2.45) is 0 Å². The molecule has 0 aromatic rings. The minimum atomic E-state index is -0.831. The number of ether oxygens (including phenoxy) is 3. The van der Waals surface area contributed by atoms with Crippen LogP contribution in [0.25, 0.3) is 0 Å². The summed E-state index contributed by atoms with van der Waals surface area (Å²) in [5.41, 5.74) is 0. The van der Waals surface area contributed by atoms with Gasteiger partial charge in [0.25, 0.3) is 0 Å². The number of rotatable bonds is 44. The quantitative estimate of drug-likeness (QED) is 0.0262. The molecule has 0 saturated carbocycles. The van der Waals surface area contributed by atoms with E-state index < -0.39 is 12.1 Å². The first-order chi connectivity index (χ1) is 32.0. The van der Waals surface area contributed by atoms with E-state index in [9.17, 15) is 14.4 Å². The summed E-state index contributed by atoms with van der Waals surface area (Å²) in [5, 5.41) is 0. The minimum absolute atomic E-state index is 0.121. The fourth-order valence-electron chi connectivity index (χ4n) is 6.37. The Morgan fingerprint density at radius 3 is 1.00 bits per heavy atom. The van der Waals surface area contributed by atoms with E-state index in [-0.39, 0.29) is 31.6 Å². The highest BCUT2D eigenvalue weighted by atomic mass is 16.6. The molecular formula is C59H92O6. The van der Waals surface area contributed by atoms with Crippen LogP contribution in [0.1, 0.15) is 201 Å². The third-order valence-electron chi connectivity index (χ3n) is 10.2. The predicted molar refractivity (Wildman–Crippen MR) is 279 cm³/mol. The van der Waals surface area contributed by atoms with Gasteiger partial charge in [0, 0.05) is 19.3 Å². The summed E-state index contributed by atoms with van der Waals surface area (Å²) < 4.78 is 16.6. The summed E-state index contributed by atoms with van der Waals surface area (Å²) in [6, 6.07) is 0. The van der Waals surface area contributed by atoms with Crippen LogP contribution in [0, 0.1) is 0 Å². The molecule has 0 radical (unpaired) electrons. The van der Waals surface area contributed by atoms with Gasteiger partial charge in [-0.2, -0.15) is 0 Å². The van der Waals surface area contributed by atoms with Crippen molar-refractivity contribution in [1.82, 2.24) is 0 Å². The van der Waals surface area contributed by atoms with Crippen LogP contribution in [-0.2, 0) is 28.6 Å². The zero-order chi connectivity index (χ0) is 47.2. The molecule has 0 heterocycles. The third-order valence-corrected chi connectivity index (χ3v) is 10.2. The molecule has 0 aliphatic heterocycles. The molecule has 1 atom stereocenters. The van der Waals surface area contributed by atoms with E-state index in [1.165, 1.54) is 38.5 Å². The first-order valence-electron chi connectivity index (χ1n) is 25.7. The van der Waals surface area contributed by atoms with E-state index in [0.717, 1.165) is 116 Å². The molecule has 0 N–H and O–H groups in total. The van der Waals surface area contributed by atoms with Crippen LogP contribution in [0.3, 0.4) is 0 Å². The highest BCUT2D eigenvalue weighted by Crippen LogP contribution is 2.12. The van der Waals surface area contributed by atoms with Crippen molar-refractivity contribution in [2.45, 2.75) is 207 Å². The molecule has 0 bridgehead atoms. The first kappa shape index (κ1) is 60.5. The molecule has 0 aromatic heterocycles. The van der Waals surface area contributed by atoms with Crippen LogP contribution in [0.4, 0.5) is 0 Å². The highest BCUT2D eigenvalue weighted by Gasteiger charge is 2.19. The zero-order valence-corrected chi connectivity index (χ0v) is 41.4. The van der Waals surface area contributed by atoms with Crippen LogP contribution < -0.4 is 0 Å². The van der Waals surface area contributed by atoms with Crippen molar-refractivity contribution >= 4 is 17.9 Å². The van der Waals surface area contributed by atoms with Crippen molar-refractivity contribution < 1.29 is 28.6 Å². The number of carbonyl (C=O) groups is 3. The highest BCUT2D eigenvalue weighted by molar-refractivity contribution is 5.71. The Balaban J connectivity index is 4.43. The Bertz CT molecular complexity index is 1450. The molecule has 0 aliphatic carbocycles. The molecule has 0 spiro atoms. The Hall–Kier alpha value is -4.45. The average molecular weight is 897 g/mol. The third kappa shape index (κ3) is 50.4. The molecule has 1 unspecified atom stereocenters. The maximum atomic E-state index is 12.7. The Morgan fingerprint density at radius 1 is 0.323 bits per heavy atom. The lowest BCUT2D eigenvalue weighted by molar-refractivity contribution is -0.166. The summed E-state index contributed by atoms with van der Waals surface area (Å²) in [6.07, 6.45) is 73.2. The van der Waals surface area contributed by atoms with E-state index >= 15 is 0 Å². The van der Waals surface area contributed by atoms with Crippen molar-refractivity contribution in [1.29, 1.82) is 0 Å². The summed E-state index contributed by atoms with van der Waals surface area (Å²) in [7, 11) is 0. The van der Waals surface area contributed by atoms with Gasteiger partial charge in [0.05, 0.1) is 0 Å². The molecule has 65 heavy (non-hydrogen) atoms. The summed E-state index contributed by atoms with van der Waals surface area (Å²) in [6.45, 7) is 6.27. The Morgan fingerprint density at radius 2 is 0.631 bits per heavy atom. The fraction of sp³-hybridized carbons (Fsp3) is 0.576. The van der Waals surface area contributed by atoms with Gasteiger partial charge in [-0.05, 0) is 103 Å². The van der Waals surface area contributed by atoms with Crippen molar-refractivity contribution in [2.75, 3.05) is 13.2 Å². The predicted octanol–water partition coefficient (Wildman–Crippen LogP) is 17.1. The van der Waals surface area contributed by atoms with E-state index in [1.54, 1.807) is 0 Å². The molecule has 6 nitrogen and oxygen atoms in total. The van der Waals surface area contributed by atoms with E-state index in [4.69, 9.17) is 14.2 Å². The maximum Gasteiger partial charge on any atom is 0.306 e. The Labute approximate surface area is 398 Å². The molecule has 0 saturated heterocycles. The standard InChI is InChI=1S/C59H92O6/c1-4-7-10-13-16-19-21-23-24-25-26-27-28-29-30-31-32-33-34-36-37-40-43-46-49-52-58(61)64-55-56(54-63-57(60)51-48-45-42-39-18-15-12-9-6-3)65-59(62)53-50-47-44-41-38-35-22-20-17-14-11-8-5-2/h7-8,10-11,16-17,19-20,23-24,26-27,29-30,32-33,35-38,44,47,56H,4-6,9,12-15,18,21-22,25,28,31,34,39-43,45-46,48-55H2,1-3H3/b10-7-,11-8-,19-16-,20-17-,24-23-,27-26-,30-29-,33-32-,37-36-,38-35-,47-44-. The second kappa shape index (κ2) is 52.2. The van der Waals surface area contributed by atoms with E-state index in [2.05, 4.69) is 142 Å². The van der Waals surface area contributed by atoms with Gasteiger partial charge in [-0.3, -0.25) is 14.4 Å². The number of allylic oxidation sites excluding steroid dienone is 22.